The number of carbonyl (C=O) groups is 1. The van der Waals surface area contributed by atoms with Crippen LogP contribution in [-0.2, 0) is 9.53 Å². The molecule has 0 spiro atoms. The summed E-state index contributed by atoms with van der Waals surface area (Å²) in [5.74, 6) is -1.98. The Morgan fingerprint density at radius 2 is 2.00 bits per heavy atom. The number of ether oxygens (including phenoxy) is 2. The third-order valence-corrected chi connectivity index (χ3v) is 4.58. The van der Waals surface area contributed by atoms with Gasteiger partial charge < -0.3 is 19.7 Å². The van der Waals surface area contributed by atoms with Crippen LogP contribution in [0.4, 0.5) is 0 Å². The molecule has 1 unspecified atom stereocenters. The van der Waals surface area contributed by atoms with Gasteiger partial charge in [0.15, 0.2) is 11.5 Å². The monoisotopic (exact) mass is 404 g/mol. The Hall–Kier alpha value is -3.26. The van der Waals surface area contributed by atoms with Crippen molar-refractivity contribution in [3.63, 3.8) is 0 Å². The lowest BCUT2D eigenvalue weighted by atomic mass is 9.89. The molecule has 0 saturated carbocycles. The van der Waals surface area contributed by atoms with Crippen molar-refractivity contribution in [2.45, 2.75) is 12.3 Å². The lowest BCUT2D eigenvalue weighted by molar-refractivity contribution is -0.140. The first-order valence-electron chi connectivity index (χ1n) is 8.20. The predicted molar refractivity (Wildman–Crippen MR) is 101 cm³/mol. The van der Waals surface area contributed by atoms with Gasteiger partial charge in [-0.3, -0.25) is 14.0 Å². The van der Waals surface area contributed by atoms with Gasteiger partial charge in [-0.25, -0.2) is 0 Å². The minimum absolute atomic E-state index is 0.116. The number of aromatic nitrogens is 2. The van der Waals surface area contributed by atoms with E-state index in [9.17, 15) is 19.8 Å². The second kappa shape index (κ2) is 7.77. The van der Waals surface area contributed by atoms with Gasteiger partial charge in [0, 0.05) is 12.1 Å². The molecule has 3 rings (SSSR count). The molecule has 0 aliphatic heterocycles. The first-order valence-corrected chi connectivity index (χ1v) is 8.58. The molecule has 2 N–H and O–H groups in total. The van der Waals surface area contributed by atoms with Crippen molar-refractivity contribution in [2.75, 3.05) is 14.2 Å². The normalized spacial score (nSPS) is 12.0. The third kappa shape index (κ3) is 3.59. The zero-order valence-corrected chi connectivity index (χ0v) is 15.8. The molecule has 0 amide bonds. The van der Waals surface area contributed by atoms with E-state index >= 15 is 0 Å². The fourth-order valence-electron chi connectivity index (χ4n) is 2.98. The van der Waals surface area contributed by atoms with Crippen LogP contribution in [0.25, 0.3) is 5.65 Å². The van der Waals surface area contributed by atoms with E-state index in [2.05, 4.69) is 4.98 Å². The maximum atomic E-state index is 13.1. The largest absolute Gasteiger partial charge is 0.504 e. The van der Waals surface area contributed by atoms with Crippen LogP contribution in [0, 0.1) is 0 Å². The summed E-state index contributed by atoms with van der Waals surface area (Å²) in [6.07, 6.45) is 1.12. The molecule has 0 fully saturated rings. The molecule has 2 heterocycles. The molecule has 9 heteroatoms. The highest BCUT2D eigenvalue weighted by Gasteiger charge is 2.27. The van der Waals surface area contributed by atoms with Crippen LogP contribution in [0.15, 0.2) is 41.3 Å². The minimum Gasteiger partial charge on any atom is -0.504 e. The van der Waals surface area contributed by atoms with Gasteiger partial charge in [-0.05, 0) is 29.8 Å². The van der Waals surface area contributed by atoms with Gasteiger partial charge in [0.2, 0.25) is 5.88 Å². The lowest BCUT2D eigenvalue weighted by Crippen LogP contribution is -2.24. The van der Waals surface area contributed by atoms with Crippen LogP contribution in [-0.4, -0.2) is 39.8 Å². The zero-order valence-electron chi connectivity index (χ0n) is 15.0. The number of fused-ring (bicyclic) bond motifs is 1. The highest BCUT2D eigenvalue weighted by molar-refractivity contribution is 6.30. The first kappa shape index (κ1) is 19.5. The molecule has 3 aromatic rings. The van der Waals surface area contributed by atoms with E-state index in [1.165, 1.54) is 49.1 Å². The highest BCUT2D eigenvalue weighted by atomic mass is 35.5. The van der Waals surface area contributed by atoms with Gasteiger partial charge >= 0.3 is 5.97 Å². The van der Waals surface area contributed by atoms with Gasteiger partial charge in [0.05, 0.1) is 31.2 Å². The molecule has 8 nitrogen and oxygen atoms in total. The summed E-state index contributed by atoms with van der Waals surface area (Å²) in [5.41, 5.74) is -0.103. The van der Waals surface area contributed by atoms with Crippen molar-refractivity contribution in [3.8, 4) is 17.4 Å². The Labute approximate surface area is 164 Å². The van der Waals surface area contributed by atoms with Crippen LogP contribution >= 0.6 is 11.6 Å². The summed E-state index contributed by atoms with van der Waals surface area (Å²) < 4.78 is 10.9. The van der Waals surface area contributed by atoms with E-state index in [0.29, 0.717) is 10.6 Å². The van der Waals surface area contributed by atoms with Gasteiger partial charge in [0.25, 0.3) is 5.56 Å². The van der Waals surface area contributed by atoms with Crippen molar-refractivity contribution in [1.82, 2.24) is 9.38 Å². The summed E-state index contributed by atoms with van der Waals surface area (Å²) in [6.45, 7) is 0. The predicted octanol–water partition coefficient (Wildman–Crippen LogP) is 2.46. The number of phenolic OH excluding ortho intramolecular Hbond substituents is 1. The van der Waals surface area contributed by atoms with Crippen molar-refractivity contribution in [2.24, 2.45) is 0 Å². The van der Waals surface area contributed by atoms with Crippen LogP contribution < -0.4 is 10.3 Å². The van der Waals surface area contributed by atoms with Gasteiger partial charge in [-0.2, -0.15) is 4.98 Å². The molecule has 0 radical (unpaired) electrons. The average Bonchev–Trinajstić information content (AvgIpc) is 2.67. The molecule has 28 heavy (non-hydrogen) atoms. The third-order valence-electron chi connectivity index (χ3n) is 4.35. The number of aromatic hydroxyl groups is 2. The number of hydrogen-bond donors (Lipinski definition) is 2. The fraction of sp³-hybridized carbons (Fsp3) is 0.211. The van der Waals surface area contributed by atoms with Gasteiger partial charge in [-0.1, -0.05) is 17.7 Å². The topological polar surface area (TPSA) is 110 Å². The minimum atomic E-state index is -0.917. The number of methoxy groups -OCH3 is 2. The van der Waals surface area contributed by atoms with E-state index in [0.717, 1.165) is 0 Å². The first-order chi connectivity index (χ1) is 13.3. The van der Waals surface area contributed by atoms with Crippen molar-refractivity contribution < 1.29 is 24.5 Å². The molecular formula is C19H17ClN2O6. The number of nitrogens with zero attached hydrogens (tertiary/aromatic N) is 2. The smallest absolute Gasteiger partial charge is 0.306 e. The number of phenols is 1. The number of carbonyl (C=O) groups excluding carboxylic acids is 1. The quantitative estimate of drug-likeness (QED) is 0.628. The van der Waals surface area contributed by atoms with Crippen molar-refractivity contribution in [3.05, 3.63) is 63.0 Å². The van der Waals surface area contributed by atoms with Gasteiger partial charge in [0.1, 0.15) is 5.65 Å². The Bertz CT molecular complexity index is 1110. The highest BCUT2D eigenvalue weighted by Crippen LogP contribution is 2.36. The maximum Gasteiger partial charge on any atom is 0.306 e. The van der Waals surface area contributed by atoms with E-state index in [1.54, 1.807) is 6.07 Å². The molecule has 146 valence electrons. The second-order valence-electron chi connectivity index (χ2n) is 5.99. The van der Waals surface area contributed by atoms with Crippen molar-refractivity contribution >= 4 is 23.2 Å². The Morgan fingerprint density at radius 3 is 2.64 bits per heavy atom. The lowest BCUT2D eigenvalue weighted by Gasteiger charge is -2.18. The number of rotatable bonds is 5. The summed E-state index contributed by atoms with van der Waals surface area (Å²) in [4.78, 5) is 29.1. The number of hydrogen-bond acceptors (Lipinski definition) is 7. The molecule has 2 aromatic heterocycles. The van der Waals surface area contributed by atoms with Crippen molar-refractivity contribution in [1.29, 1.82) is 0 Å². The van der Waals surface area contributed by atoms with Gasteiger partial charge in [-0.15, -0.1) is 0 Å². The van der Waals surface area contributed by atoms with E-state index < -0.39 is 23.3 Å². The average molecular weight is 405 g/mol. The number of pyridine rings is 1. The Morgan fingerprint density at radius 1 is 1.25 bits per heavy atom. The molecule has 0 aliphatic rings. The second-order valence-corrected chi connectivity index (χ2v) is 6.43. The standard InChI is InChI=1S/C19H17ClN2O6/c1-27-14-5-3-10(7-13(14)23)12(8-16(24)28-2)17-18(25)21-15-6-4-11(20)9-22(15)19(17)26/h3-7,9,12,23,25H,8H2,1-2H3. The number of esters is 1. The summed E-state index contributed by atoms with van der Waals surface area (Å²) in [7, 11) is 2.62. The molecule has 0 aliphatic carbocycles. The van der Waals surface area contributed by atoms with E-state index in [1.807, 2.05) is 0 Å². The number of halogens is 1. The summed E-state index contributed by atoms with van der Waals surface area (Å²) in [5, 5.41) is 20.9. The van der Waals surface area contributed by atoms with Crippen LogP contribution in [0.5, 0.6) is 17.4 Å². The van der Waals surface area contributed by atoms with Crippen LogP contribution in [0.2, 0.25) is 5.02 Å². The Kier molecular flexibility index (Phi) is 5.41. The molecule has 0 bridgehead atoms. The maximum absolute atomic E-state index is 13.1. The number of benzene rings is 1. The Balaban J connectivity index is 2.25. The van der Waals surface area contributed by atoms with E-state index in [-0.39, 0.29) is 29.1 Å². The molecule has 1 atom stereocenters. The van der Waals surface area contributed by atoms with Crippen LogP contribution in [0.3, 0.4) is 0 Å². The fourth-order valence-corrected chi connectivity index (χ4v) is 3.14. The van der Waals surface area contributed by atoms with Crippen LogP contribution in [0.1, 0.15) is 23.5 Å². The molecule has 1 aromatic carbocycles. The molecular weight excluding hydrogens is 388 g/mol. The van der Waals surface area contributed by atoms with E-state index in [4.69, 9.17) is 21.1 Å². The summed E-state index contributed by atoms with van der Waals surface area (Å²) >= 11 is 5.97. The SMILES string of the molecule is COC(=O)CC(c1ccc(OC)c(O)c1)c1c(O)nc2ccc(Cl)cn2c1=O. The molecule has 0 saturated heterocycles. The zero-order chi connectivity index (χ0) is 20.4. The summed E-state index contributed by atoms with van der Waals surface area (Å²) in [6, 6.07) is 7.46.